The number of aromatic nitrogens is 1. The van der Waals surface area contributed by atoms with Crippen molar-refractivity contribution in [3.05, 3.63) is 24.1 Å². The normalized spacial score (nSPS) is 20.8. The summed E-state index contributed by atoms with van der Waals surface area (Å²) in [5.74, 6) is -2.86. The van der Waals surface area contributed by atoms with Crippen molar-refractivity contribution in [2.24, 2.45) is 5.92 Å². The van der Waals surface area contributed by atoms with Crippen LogP contribution >= 0.6 is 0 Å². The fourth-order valence-corrected chi connectivity index (χ4v) is 3.17. The van der Waals surface area contributed by atoms with Gasteiger partial charge >= 0.3 is 18.0 Å². The first-order valence-corrected chi connectivity index (χ1v) is 8.28. The van der Waals surface area contributed by atoms with Crippen molar-refractivity contribution in [1.82, 2.24) is 10.3 Å². The van der Waals surface area contributed by atoms with Crippen LogP contribution in [0.1, 0.15) is 31.6 Å². The van der Waals surface area contributed by atoms with Crippen molar-refractivity contribution in [3.63, 3.8) is 0 Å². The molecule has 0 spiro atoms. The average molecular weight is 369 g/mol. The number of amides is 2. The summed E-state index contributed by atoms with van der Waals surface area (Å²) < 4.78 is 43.8. The van der Waals surface area contributed by atoms with Gasteiger partial charge in [0.15, 0.2) is 11.5 Å². The van der Waals surface area contributed by atoms with Crippen LogP contribution in [0.15, 0.2) is 22.6 Å². The minimum Gasteiger partial charge on any atom is -0.441 e. The van der Waals surface area contributed by atoms with Crippen molar-refractivity contribution in [3.8, 4) is 0 Å². The third kappa shape index (κ3) is 4.14. The number of nitrogens with one attached hydrogen (secondary N) is 2. The quantitative estimate of drug-likeness (QED) is 0.796. The van der Waals surface area contributed by atoms with Gasteiger partial charge in [0.2, 0.25) is 0 Å². The molecule has 2 atom stereocenters. The van der Waals surface area contributed by atoms with Gasteiger partial charge < -0.3 is 15.1 Å². The van der Waals surface area contributed by atoms with Gasteiger partial charge in [-0.1, -0.05) is 6.42 Å². The molecule has 0 radical (unpaired) electrons. The summed E-state index contributed by atoms with van der Waals surface area (Å²) in [6.45, 7) is 1.68. The largest absolute Gasteiger partial charge is 0.441 e. The zero-order valence-corrected chi connectivity index (χ0v) is 14.0. The minimum atomic E-state index is -4.28. The summed E-state index contributed by atoms with van der Waals surface area (Å²) in [4.78, 5) is 28.1. The van der Waals surface area contributed by atoms with Crippen LogP contribution in [-0.2, 0) is 9.59 Å². The molecule has 1 aliphatic rings. The number of oxazole rings is 1. The summed E-state index contributed by atoms with van der Waals surface area (Å²) in [5.41, 5.74) is 1.41. The van der Waals surface area contributed by atoms with E-state index in [4.69, 9.17) is 4.42 Å². The van der Waals surface area contributed by atoms with Gasteiger partial charge in [0.25, 0.3) is 0 Å². The van der Waals surface area contributed by atoms with E-state index in [-0.39, 0.29) is 12.8 Å². The van der Waals surface area contributed by atoms with E-state index in [1.807, 2.05) is 0 Å². The maximum atomic E-state index is 12.8. The van der Waals surface area contributed by atoms with Crippen LogP contribution in [0, 0.1) is 12.8 Å². The van der Waals surface area contributed by atoms with Gasteiger partial charge in [0.05, 0.1) is 5.92 Å². The number of anilines is 1. The Hall–Kier alpha value is -2.58. The minimum absolute atomic E-state index is 0.0542. The first kappa shape index (κ1) is 18.2. The Morgan fingerprint density at radius 3 is 2.73 bits per heavy atom. The maximum Gasteiger partial charge on any atom is 0.391 e. The first-order valence-electron chi connectivity index (χ1n) is 8.28. The molecule has 0 aliphatic heterocycles. The molecular formula is C17H18F3N3O3. The van der Waals surface area contributed by atoms with E-state index in [0.717, 1.165) is 0 Å². The third-order valence-corrected chi connectivity index (χ3v) is 4.43. The van der Waals surface area contributed by atoms with Crippen LogP contribution < -0.4 is 10.6 Å². The number of nitrogens with zero attached hydrogens (tertiary/aromatic N) is 1. The molecule has 0 saturated heterocycles. The van der Waals surface area contributed by atoms with Crippen LogP contribution in [0.25, 0.3) is 11.1 Å². The summed E-state index contributed by atoms with van der Waals surface area (Å²) in [7, 11) is 0. The van der Waals surface area contributed by atoms with E-state index < -0.39 is 30.0 Å². The highest BCUT2D eigenvalue weighted by atomic mass is 19.4. The van der Waals surface area contributed by atoms with E-state index in [2.05, 4.69) is 15.6 Å². The zero-order chi connectivity index (χ0) is 18.9. The number of hydrogen-bond donors (Lipinski definition) is 2. The molecule has 2 unspecified atom stereocenters. The molecule has 2 N–H and O–H groups in total. The van der Waals surface area contributed by atoms with Gasteiger partial charge in [-0.2, -0.15) is 13.2 Å². The topological polar surface area (TPSA) is 84.2 Å². The third-order valence-electron chi connectivity index (χ3n) is 4.43. The Labute approximate surface area is 147 Å². The predicted octanol–water partition coefficient (Wildman–Crippen LogP) is 3.31. The zero-order valence-electron chi connectivity index (χ0n) is 14.0. The Morgan fingerprint density at radius 2 is 2.00 bits per heavy atom. The van der Waals surface area contributed by atoms with Crippen molar-refractivity contribution in [1.29, 1.82) is 0 Å². The monoisotopic (exact) mass is 369 g/mol. The summed E-state index contributed by atoms with van der Waals surface area (Å²) >= 11 is 0. The molecule has 6 nitrogen and oxygen atoms in total. The molecule has 9 heteroatoms. The molecule has 140 valence electrons. The Kier molecular flexibility index (Phi) is 4.88. The van der Waals surface area contributed by atoms with Gasteiger partial charge in [0, 0.05) is 24.7 Å². The number of benzene rings is 1. The Balaban J connectivity index is 1.59. The average Bonchev–Trinajstić information content (AvgIpc) is 2.93. The molecular weight excluding hydrogens is 351 g/mol. The molecule has 0 bridgehead atoms. The maximum absolute atomic E-state index is 12.8. The lowest BCUT2D eigenvalue weighted by molar-refractivity contribution is -0.184. The molecule has 1 saturated carbocycles. The van der Waals surface area contributed by atoms with Gasteiger partial charge in [-0.15, -0.1) is 0 Å². The van der Waals surface area contributed by atoms with Gasteiger partial charge in [-0.3, -0.25) is 9.59 Å². The number of rotatable bonds is 2. The fraction of sp³-hybridized carbons (Fsp3) is 0.471. The highest BCUT2D eigenvalue weighted by molar-refractivity contribution is 6.39. The number of carbonyl (C=O) groups excluding carboxylic acids is 2. The van der Waals surface area contributed by atoms with Crippen molar-refractivity contribution in [2.45, 2.75) is 44.8 Å². The predicted molar refractivity (Wildman–Crippen MR) is 87.3 cm³/mol. The lowest BCUT2D eigenvalue weighted by Crippen LogP contribution is -2.45. The number of hydrogen-bond acceptors (Lipinski definition) is 4. The Morgan fingerprint density at radius 1 is 1.23 bits per heavy atom. The first-order chi connectivity index (χ1) is 12.2. The van der Waals surface area contributed by atoms with Gasteiger partial charge in [0.1, 0.15) is 5.52 Å². The lowest BCUT2D eigenvalue weighted by Gasteiger charge is -2.30. The SMILES string of the molecule is Cc1nc2ccc(NC(=O)C(=O)NC3CCCC(C(F)(F)F)C3)cc2o1. The number of fused-ring (bicyclic) bond motifs is 1. The molecule has 1 aromatic heterocycles. The van der Waals surface area contributed by atoms with E-state index in [9.17, 15) is 22.8 Å². The van der Waals surface area contributed by atoms with Crippen molar-refractivity contribution < 1.29 is 27.2 Å². The van der Waals surface area contributed by atoms with Crippen molar-refractivity contribution in [2.75, 3.05) is 5.32 Å². The van der Waals surface area contributed by atoms with Gasteiger partial charge in [-0.05, 0) is 31.4 Å². The second kappa shape index (κ2) is 6.97. The molecule has 2 aromatic rings. The van der Waals surface area contributed by atoms with E-state index in [0.29, 0.717) is 35.5 Å². The number of alkyl halides is 3. The highest BCUT2D eigenvalue weighted by Gasteiger charge is 2.42. The second-order valence-corrected chi connectivity index (χ2v) is 6.45. The molecule has 1 heterocycles. The highest BCUT2D eigenvalue weighted by Crippen LogP contribution is 2.37. The van der Waals surface area contributed by atoms with Gasteiger partial charge in [-0.25, -0.2) is 4.98 Å². The smallest absolute Gasteiger partial charge is 0.391 e. The van der Waals surface area contributed by atoms with Crippen molar-refractivity contribution >= 4 is 28.6 Å². The molecule has 26 heavy (non-hydrogen) atoms. The van der Waals surface area contributed by atoms with Crippen LogP contribution in [0.4, 0.5) is 18.9 Å². The number of carbonyl (C=O) groups is 2. The standard InChI is InChI=1S/C17H18F3N3O3/c1-9-21-13-6-5-12(8-14(13)26-9)23-16(25)15(24)22-11-4-2-3-10(7-11)17(18,19)20/h5-6,8,10-11H,2-4,7H2,1H3,(H,22,24)(H,23,25). The fourth-order valence-electron chi connectivity index (χ4n) is 3.17. The van der Waals surface area contributed by atoms with Crippen LogP contribution in [0.3, 0.4) is 0 Å². The molecule has 1 fully saturated rings. The summed E-state index contributed by atoms with van der Waals surface area (Å²) in [6.07, 6.45) is -3.64. The number of aryl methyl sites for hydroxylation is 1. The van der Waals surface area contributed by atoms with Crippen LogP contribution in [0.5, 0.6) is 0 Å². The molecule has 2 amide bonds. The van der Waals surface area contributed by atoms with Crippen LogP contribution in [-0.4, -0.2) is 29.0 Å². The summed E-state index contributed by atoms with van der Waals surface area (Å²) in [6, 6.07) is 4.07. The molecule has 3 rings (SSSR count). The Bertz CT molecular complexity index is 832. The van der Waals surface area contributed by atoms with E-state index >= 15 is 0 Å². The van der Waals surface area contributed by atoms with Crippen LogP contribution in [0.2, 0.25) is 0 Å². The molecule has 1 aromatic carbocycles. The summed E-state index contributed by atoms with van der Waals surface area (Å²) in [5, 5.41) is 4.81. The van der Waals surface area contributed by atoms with E-state index in [1.54, 1.807) is 19.1 Å². The second-order valence-electron chi connectivity index (χ2n) is 6.45. The number of halogens is 3. The van der Waals surface area contributed by atoms with E-state index in [1.165, 1.54) is 6.07 Å². The lowest BCUT2D eigenvalue weighted by atomic mass is 9.85. The molecule has 1 aliphatic carbocycles.